The third kappa shape index (κ3) is 4.22. The first kappa shape index (κ1) is 12.5. The Morgan fingerprint density at radius 3 is 2.73 bits per heavy atom. The minimum atomic E-state index is -3.15. The minimum Gasteiger partial charge on any atom is -0.494 e. The molecule has 0 unspecified atom stereocenters. The van der Waals surface area contributed by atoms with Gasteiger partial charge in [-0.15, -0.1) is 0 Å². The largest absolute Gasteiger partial charge is 0.494 e. The summed E-state index contributed by atoms with van der Waals surface area (Å²) in [6, 6.07) is 6.54. The molecule has 0 aliphatic rings. The van der Waals surface area contributed by atoms with Gasteiger partial charge in [0.15, 0.2) is 9.84 Å². The van der Waals surface area contributed by atoms with E-state index in [1.54, 1.807) is 24.3 Å². The van der Waals surface area contributed by atoms with E-state index in [0.29, 0.717) is 17.3 Å². The highest BCUT2D eigenvalue weighted by atomic mass is 79.9. The van der Waals surface area contributed by atoms with Gasteiger partial charge in [-0.2, -0.15) is 0 Å². The Balaban J connectivity index is 2.75. The number of ether oxygens (including phenoxy) is 1. The van der Waals surface area contributed by atoms with Crippen molar-refractivity contribution in [1.29, 1.82) is 0 Å². The molecule has 0 saturated heterocycles. The van der Waals surface area contributed by atoms with Crippen molar-refractivity contribution in [3.05, 3.63) is 24.3 Å². The van der Waals surface area contributed by atoms with Gasteiger partial charge >= 0.3 is 0 Å². The van der Waals surface area contributed by atoms with Crippen LogP contribution in [-0.2, 0) is 9.84 Å². The standard InChI is InChI=1S/C10H13BrO3S/c1-15(12,13)10-5-2-4-9(8-10)14-7-3-6-11/h2,4-5,8H,3,6-7H2,1H3. The summed E-state index contributed by atoms with van der Waals surface area (Å²) in [5.74, 6) is 0.596. The third-order valence-corrected chi connectivity index (χ3v) is 3.45. The van der Waals surface area contributed by atoms with Crippen molar-refractivity contribution in [2.75, 3.05) is 18.2 Å². The Labute approximate surface area is 98.5 Å². The van der Waals surface area contributed by atoms with Crippen molar-refractivity contribution in [1.82, 2.24) is 0 Å². The molecule has 0 spiro atoms. The lowest BCUT2D eigenvalue weighted by molar-refractivity contribution is 0.318. The number of hydrogen-bond donors (Lipinski definition) is 0. The molecular weight excluding hydrogens is 280 g/mol. The molecule has 1 aromatic rings. The van der Waals surface area contributed by atoms with Crippen molar-refractivity contribution in [2.24, 2.45) is 0 Å². The van der Waals surface area contributed by atoms with Gasteiger partial charge in [-0.1, -0.05) is 22.0 Å². The normalized spacial score (nSPS) is 11.3. The van der Waals surface area contributed by atoms with E-state index in [4.69, 9.17) is 4.74 Å². The molecule has 1 aromatic carbocycles. The molecule has 1 rings (SSSR count). The molecule has 0 aliphatic heterocycles. The lowest BCUT2D eigenvalue weighted by Gasteiger charge is -2.06. The van der Waals surface area contributed by atoms with Crippen LogP contribution >= 0.6 is 15.9 Å². The van der Waals surface area contributed by atoms with Gasteiger partial charge in [0.1, 0.15) is 5.75 Å². The molecule has 0 aromatic heterocycles. The molecule has 0 saturated carbocycles. The summed E-state index contributed by atoms with van der Waals surface area (Å²) in [4.78, 5) is 0.291. The molecule has 0 fully saturated rings. The number of alkyl halides is 1. The Morgan fingerprint density at radius 1 is 1.40 bits per heavy atom. The molecule has 0 heterocycles. The highest BCUT2D eigenvalue weighted by Crippen LogP contribution is 2.17. The maximum atomic E-state index is 11.3. The molecule has 0 bridgehead atoms. The molecule has 15 heavy (non-hydrogen) atoms. The van der Waals surface area contributed by atoms with Crippen LogP contribution in [0.2, 0.25) is 0 Å². The molecule has 0 atom stereocenters. The first-order valence-corrected chi connectivity index (χ1v) is 7.54. The zero-order chi connectivity index (χ0) is 11.3. The van der Waals surface area contributed by atoms with Crippen LogP contribution in [0.3, 0.4) is 0 Å². The smallest absolute Gasteiger partial charge is 0.175 e. The Hall–Kier alpha value is -0.550. The predicted octanol–water partition coefficient (Wildman–Crippen LogP) is 2.25. The third-order valence-electron chi connectivity index (χ3n) is 1.78. The SMILES string of the molecule is CS(=O)(=O)c1cccc(OCCCBr)c1. The molecule has 0 N–H and O–H groups in total. The number of hydrogen-bond acceptors (Lipinski definition) is 3. The fraction of sp³-hybridized carbons (Fsp3) is 0.400. The average molecular weight is 293 g/mol. The first-order chi connectivity index (χ1) is 7.04. The average Bonchev–Trinajstić information content (AvgIpc) is 2.17. The second kappa shape index (κ2) is 5.51. The summed E-state index contributed by atoms with van der Waals surface area (Å²) in [6.45, 7) is 0.582. The lowest BCUT2D eigenvalue weighted by Crippen LogP contribution is -2.00. The molecule has 5 heteroatoms. The first-order valence-electron chi connectivity index (χ1n) is 4.53. The highest BCUT2D eigenvalue weighted by Gasteiger charge is 2.07. The van der Waals surface area contributed by atoms with Gasteiger partial charge in [-0.05, 0) is 24.6 Å². The van der Waals surface area contributed by atoms with Gasteiger partial charge in [-0.3, -0.25) is 0 Å². The van der Waals surface area contributed by atoms with Crippen molar-refractivity contribution in [3.63, 3.8) is 0 Å². The lowest BCUT2D eigenvalue weighted by atomic mass is 10.3. The number of rotatable bonds is 5. The Kier molecular flexibility index (Phi) is 4.60. The summed E-state index contributed by atoms with van der Waals surface area (Å²) in [7, 11) is -3.15. The Morgan fingerprint density at radius 2 is 2.13 bits per heavy atom. The molecule has 0 radical (unpaired) electrons. The quantitative estimate of drug-likeness (QED) is 0.618. The number of halogens is 1. The van der Waals surface area contributed by atoms with E-state index < -0.39 is 9.84 Å². The topological polar surface area (TPSA) is 43.4 Å². The van der Waals surface area contributed by atoms with Crippen LogP contribution in [-0.4, -0.2) is 26.6 Å². The zero-order valence-corrected chi connectivity index (χ0v) is 10.8. The maximum Gasteiger partial charge on any atom is 0.175 e. The molecular formula is C10H13BrO3S. The summed E-state index contributed by atoms with van der Waals surface area (Å²) < 4.78 is 27.9. The van der Waals surface area contributed by atoms with Gasteiger partial charge in [0.2, 0.25) is 0 Å². The van der Waals surface area contributed by atoms with E-state index in [0.717, 1.165) is 11.8 Å². The maximum absolute atomic E-state index is 11.3. The second-order valence-corrected chi connectivity index (χ2v) is 5.95. The molecule has 0 amide bonds. The van der Waals surface area contributed by atoms with Crippen LogP contribution in [0.1, 0.15) is 6.42 Å². The van der Waals surface area contributed by atoms with Crippen LogP contribution in [0.25, 0.3) is 0 Å². The Bertz CT molecular complexity index is 414. The predicted molar refractivity (Wildman–Crippen MR) is 63.5 cm³/mol. The van der Waals surface area contributed by atoms with E-state index in [-0.39, 0.29) is 0 Å². The molecule has 84 valence electrons. The molecule has 0 aliphatic carbocycles. The van der Waals surface area contributed by atoms with Crippen LogP contribution in [0, 0.1) is 0 Å². The van der Waals surface area contributed by atoms with Gasteiger partial charge < -0.3 is 4.74 Å². The van der Waals surface area contributed by atoms with Crippen LogP contribution in [0.5, 0.6) is 5.75 Å². The number of sulfone groups is 1. The summed E-state index contributed by atoms with van der Waals surface area (Å²) in [6.07, 6.45) is 2.08. The van der Waals surface area contributed by atoms with Gasteiger partial charge in [0.05, 0.1) is 11.5 Å². The fourth-order valence-electron chi connectivity index (χ4n) is 1.04. The van der Waals surface area contributed by atoms with E-state index in [9.17, 15) is 8.42 Å². The second-order valence-electron chi connectivity index (χ2n) is 3.14. The van der Waals surface area contributed by atoms with E-state index in [1.165, 1.54) is 6.26 Å². The van der Waals surface area contributed by atoms with E-state index in [2.05, 4.69) is 15.9 Å². The highest BCUT2D eigenvalue weighted by molar-refractivity contribution is 9.09. The van der Waals surface area contributed by atoms with Crippen molar-refractivity contribution in [2.45, 2.75) is 11.3 Å². The van der Waals surface area contributed by atoms with Crippen molar-refractivity contribution in [3.8, 4) is 5.75 Å². The van der Waals surface area contributed by atoms with Crippen molar-refractivity contribution < 1.29 is 13.2 Å². The van der Waals surface area contributed by atoms with E-state index >= 15 is 0 Å². The summed E-state index contributed by atoms with van der Waals surface area (Å²) >= 11 is 3.29. The van der Waals surface area contributed by atoms with Crippen molar-refractivity contribution >= 4 is 25.8 Å². The fourth-order valence-corrected chi connectivity index (χ4v) is 1.92. The van der Waals surface area contributed by atoms with Gasteiger partial charge in [0.25, 0.3) is 0 Å². The summed E-state index contributed by atoms with van der Waals surface area (Å²) in [5.41, 5.74) is 0. The number of benzene rings is 1. The van der Waals surface area contributed by atoms with Gasteiger partial charge in [-0.25, -0.2) is 8.42 Å². The van der Waals surface area contributed by atoms with Crippen LogP contribution < -0.4 is 4.74 Å². The van der Waals surface area contributed by atoms with Gasteiger partial charge in [0, 0.05) is 11.6 Å². The zero-order valence-electron chi connectivity index (χ0n) is 8.44. The summed E-state index contributed by atoms with van der Waals surface area (Å²) in [5, 5.41) is 0.874. The van der Waals surface area contributed by atoms with E-state index in [1.807, 2.05) is 0 Å². The van der Waals surface area contributed by atoms with Crippen LogP contribution in [0.4, 0.5) is 0 Å². The van der Waals surface area contributed by atoms with Crippen LogP contribution in [0.15, 0.2) is 29.2 Å². The molecule has 3 nitrogen and oxygen atoms in total. The minimum absolute atomic E-state index is 0.291. The monoisotopic (exact) mass is 292 g/mol.